The number of hydrogen-bond acceptors (Lipinski definition) is 2. The number of halogens is 1. The van der Waals surface area contributed by atoms with Gasteiger partial charge in [-0.05, 0) is 38.8 Å². The highest BCUT2D eigenvalue weighted by molar-refractivity contribution is 14.0. The fourth-order valence-corrected chi connectivity index (χ4v) is 2.96. The molecular formula is C16H33IN4. The van der Waals surface area contributed by atoms with E-state index in [0.29, 0.717) is 24.5 Å². The number of nitrogens with two attached hydrogens (primary N) is 1. The first-order valence-electron chi connectivity index (χ1n) is 8.00. The Bertz CT molecular complexity index is 318. The van der Waals surface area contributed by atoms with Gasteiger partial charge in [0.2, 0.25) is 0 Å². The van der Waals surface area contributed by atoms with Crippen molar-refractivity contribution in [2.75, 3.05) is 26.2 Å². The first kappa shape index (κ1) is 20.7. The summed E-state index contributed by atoms with van der Waals surface area (Å²) in [6.45, 7) is 14.4. The third kappa shape index (κ3) is 7.49. The summed E-state index contributed by atoms with van der Waals surface area (Å²) in [5.74, 6) is 1.26. The van der Waals surface area contributed by atoms with E-state index in [0.717, 1.165) is 12.1 Å². The van der Waals surface area contributed by atoms with Gasteiger partial charge in [-0.15, -0.1) is 24.0 Å². The number of guanidine groups is 1. The SMILES string of the molecule is C=C(C)CNC(N)=NCC(C(CC)CC)N1CCCC1.I. The molecule has 1 aliphatic rings. The van der Waals surface area contributed by atoms with Gasteiger partial charge in [0.25, 0.3) is 0 Å². The molecule has 5 heteroatoms. The predicted molar refractivity (Wildman–Crippen MR) is 103 cm³/mol. The van der Waals surface area contributed by atoms with Gasteiger partial charge in [0.15, 0.2) is 5.96 Å². The van der Waals surface area contributed by atoms with Crippen LogP contribution in [0.4, 0.5) is 0 Å². The molecule has 1 atom stereocenters. The third-order valence-electron chi connectivity index (χ3n) is 4.22. The predicted octanol–water partition coefficient (Wildman–Crippen LogP) is 2.99. The maximum absolute atomic E-state index is 5.93. The van der Waals surface area contributed by atoms with Gasteiger partial charge >= 0.3 is 0 Å². The van der Waals surface area contributed by atoms with Crippen LogP contribution in [0.3, 0.4) is 0 Å². The highest BCUT2D eigenvalue weighted by atomic mass is 127. The second-order valence-electron chi connectivity index (χ2n) is 5.92. The summed E-state index contributed by atoms with van der Waals surface area (Å²) in [4.78, 5) is 7.16. The average molecular weight is 408 g/mol. The molecule has 3 N–H and O–H groups in total. The summed E-state index contributed by atoms with van der Waals surface area (Å²) in [7, 11) is 0. The van der Waals surface area contributed by atoms with E-state index in [-0.39, 0.29) is 24.0 Å². The fraction of sp³-hybridized carbons (Fsp3) is 0.812. The molecule has 0 amide bonds. The van der Waals surface area contributed by atoms with Crippen LogP contribution in [0, 0.1) is 5.92 Å². The van der Waals surface area contributed by atoms with Gasteiger partial charge in [0.1, 0.15) is 0 Å². The zero-order valence-corrected chi connectivity index (χ0v) is 16.2. The Balaban J connectivity index is 0.00000400. The maximum Gasteiger partial charge on any atom is 0.188 e. The molecule has 0 bridgehead atoms. The van der Waals surface area contributed by atoms with Crippen LogP contribution in [0.15, 0.2) is 17.1 Å². The minimum atomic E-state index is 0. The van der Waals surface area contributed by atoms with Gasteiger partial charge in [-0.25, -0.2) is 0 Å². The lowest BCUT2D eigenvalue weighted by Gasteiger charge is -2.32. The smallest absolute Gasteiger partial charge is 0.188 e. The molecule has 0 saturated carbocycles. The lowest BCUT2D eigenvalue weighted by Crippen LogP contribution is -2.42. The summed E-state index contributed by atoms with van der Waals surface area (Å²) >= 11 is 0. The largest absolute Gasteiger partial charge is 0.370 e. The quantitative estimate of drug-likeness (QED) is 0.281. The van der Waals surface area contributed by atoms with E-state index in [1.165, 1.54) is 38.8 Å². The molecule has 124 valence electrons. The molecule has 4 nitrogen and oxygen atoms in total. The molecular weight excluding hydrogens is 375 g/mol. The Morgan fingerprint density at radius 1 is 1.29 bits per heavy atom. The third-order valence-corrected chi connectivity index (χ3v) is 4.22. The van der Waals surface area contributed by atoms with Crippen molar-refractivity contribution in [2.45, 2.75) is 52.5 Å². The molecule has 0 aromatic rings. The van der Waals surface area contributed by atoms with Crippen molar-refractivity contribution >= 4 is 29.9 Å². The average Bonchev–Trinajstić information content (AvgIpc) is 2.94. The van der Waals surface area contributed by atoms with Gasteiger partial charge < -0.3 is 11.1 Å². The maximum atomic E-state index is 5.93. The molecule has 0 aliphatic carbocycles. The Morgan fingerprint density at radius 3 is 2.33 bits per heavy atom. The fourth-order valence-electron chi connectivity index (χ4n) is 2.96. The van der Waals surface area contributed by atoms with Gasteiger partial charge in [-0.3, -0.25) is 9.89 Å². The van der Waals surface area contributed by atoms with E-state index in [2.05, 4.69) is 35.6 Å². The molecule has 0 aromatic heterocycles. The monoisotopic (exact) mass is 408 g/mol. The second-order valence-corrected chi connectivity index (χ2v) is 5.92. The highest BCUT2D eigenvalue weighted by Crippen LogP contribution is 2.23. The number of likely N-dealkylation sites (tertiary alicyclic amines) is 1. The Kier molecular flexibility index (Phi) is 11.1. The van der Waals surface area contributed by atoms with Crippen molar-refractivity contribution in [1.29, 1.82) is 0 Å². The van der Waals surface area contributed by atoms with Crippen LogP contribution >= 0.6 is 24.0 Å². The van der Waals surface area contributed by atoms with Gasteiger partial charge in [0, 0.05) is 12.6 Å². The first-order chi connectivity index (χ1) is 9.58. The van der Waals surface area contributed by atoms with E-state index in [4.69, 9.17) is 5.73 Å². The first-order valence-corrected chi connectivity index (χ1v) is 8.00. The molecule has 1 aliphatic heterocycles. The van der Waals surface area contributed by atoms with Crippen LogP contribution < -0.4 is 11.1 Å². The number of hydrogen-bond donors (Lipinski definition) is 2. The van der Waals surface area contributed by atoms with Crippen molar-refractivity contribution in [2.24, 2.45) is 16.6 Å². The van der Waals surface area contributed by atoms with Gasteiger partial charge in [-0.1, -0.05) is 38.8 Å². The molecule has 21 heavy (non-hydrogen) atoms. The topological polar surface area (TPSA) is 53.6 Å². The minimum Gasteiger partial charge on any atom is -0.370 e. The van der Waals surface area contributed by atoms with Crippen LogP contribution in [-0.2, 0) is 0 Å². The number of nitrogens with one attached hydrogen (secondary N) is 1. The van der Waals surface area contributed by atoms with Crippen LogP contribution in [0.25, 0.3) is 0 Å². The molecule has 0 radical (unpaired) electrons. The number of aliphatic imine (C=N–C) groups is 1. The minimum absolute atomic E-state index is 0. The highest BCUT2D eigenvalue weighted by Gasteiger charge is 2.27. The molecule has 0 spiro atoms. The normalized spacial score (nSPS) is 17.6. The van der Waals surface area contributed by atoms with E-state index in [9.17, 15) is 0 Å². The molecule has 1 unspecified atom stereocenters. The van der Waals surface area contributed by atoms with Crippen LogP contribution in [-0.4, -0.2) is 43.1 Å². The zero-order chi connectivity index (χ0) is 15.0. The lowest BCUT2D eigenvalue weighted by atomic mass is 9.93. The van der Waals surface area contributed by atoms with E-state index in [1.54, 1.807) is 0 Å². The standard InChI is InChI=1S/C16H32N4.HI/c1-5-14(6-2)15(20-9-7-8-10-20)12-19-16(17)18-11-13(3)4;/h14-15H,3,5-12H2,1-2,4H3,(H3,17,18,19);1H. The van der Waals surface area contributed by atoms with E-state index in [1.807, 2.05) is 6.92 Å². The summed E-state index contributed by atoms with van der Waals surface area (Å²) in [6.07, 6.45) is 5.08. The Hall–Kier alpha value is -0.300. The molecule has 0 aromatic carbocycles. The summed E-state index contributed by atoms with van der Waals surface area (Å²) in [5, 5.41) is 3.11. The summed E-state index contributed by atoms with van der Waals surface area (Å²) in [5.41, 5.74) is 7.00. The lowest BCUT2D eigenvalue weighted by molar-refractivity contribution is 0.172. The molecule has 1 saturated heterocycles. The van der Waals surface area contributed by atoms with Crippen molar-refractivity contribution in [3.05, 3.63) is 12.2 Å². The number of rotatable bonds is 8. The Morgan fingerprint density at radius 2 is 1.86 bits per heavy atom. The van der Waals surface area contributed by atoms with Crippen LogP contribution in [0.1, 0.15) is 46.5 Å². The van der Waals surface area contributed by atoms with E-state index >= 15 is 0 Å². The summed E-state index contributed by atoms with van der Waals surface area (Å²) < 4.78 is 0. The van der Waals surface area contributed by atoms with Gasteiger partial charge in [0.05, 0.1) is 6.54 Å². The Labute approximate surface area is 147 Å². The zero-order valence-electron chi connectivity index (χ0n) is 13.9. The van der Waals surface area contributed by atoms with Crippen molar-refractivity contribution in [3.8, 4) is 0 Å². The van der Waals surface area contributed by atoms with Crippen molar-refractivity contribution in [3.63, 3.8) is 0 Å². The number of nitrogens with zero attached hydrogens (tertiary/aromatic N) is 2. The second kappa shape index (κ2) is 11.3. The molecule has 1 rings (SSSR count). The van der Waals surface area contributed by atoms with Crippen molar-refractivity contribution < 1.29 is 0 Å². The van der Waals surface area contributed by atoms with Crippen LogP contribution in [0.2, 0.25) is 0 Å². The summed E-state index contributed by atoms with van der Waals surface area (Å²) in [6, 6.07) is 0.540. The van der Waals surface area contributed by atoms with Gasteiger partial charge in [-0.2, -0.15) is 0 Å². The molecule has 1 heterocycles. The van der Waals surface area contributed by atoms with Crippen LogP contribution in [0.5, 0.6) is 0 Å². The van der Waals surface area contributed by atoms with Crippen molar-refractivity contribution in [1.82, 2.24) is 10.2 Å². The molecule has 1 fully saturated rings. The van der Waals surface area contributed by atoms with E-state index < -0.39 is 0 Å².